The topological polar surface area (TPSA) is 70.9 Å². The van der Waals surface area contributed by atoms with Crippen molar-refractivity contribution in [2.24, 2.45) is 0 Å². The van der Waals surface area contributed by atoms with Crippen LogP contribution in [0.25, 0.3) is 10.7 Å². The molecule has 22 heavy (non-hydrogen) atoms. The molecule has 3 aromatic heterocycles. The summed E-state index contributed by atoms with van der Waals surface area (Å²) < 4.78 is 0. The fraction of sp³-hybridized carbons (Fsp3) is 0.188. The van der Waals surface area contributed by atoms with E-state index in [1.807, 2.05) is 36.5 Å². The van der Waals surface area contributed by atoms with Crippen LogP contribution in [0.4, 0.5) is 0 Å². The van der Waals surface area contributed by atoms with Gasteiger partial charge < -0.3 is 10.4 Å². The molecule has 0 aliphatic heterocycles. The first-order valence-corrected chi connectivity index (χ1v) is 7.79. The van der Waals surface area contributed by atoms with Crippen molar-refractivity contribution in [3.05, 3.63) is 65.6 Å². The summed E-state index contributed by atoms with van der Waals surface area (Å²) in [6.45, 7) is 1.16. The average molecular weight is 312 g/mol. The number of pyridine rings is 2. The van der Waals surface area contributed by atoms with Gasteiger partial charge in [-0.25, -0.2) is 4.98 Å². The van der Waals surface area contributed by atoms with Crippen LogP contribution in [0.2, 0.25) is 0 Å². The summed E-state index contributed by atoms with van der Waals surface area (Å²) in [5.41, 5.74) is 1.75. The molecule has 2 N–H and O–H groups in total. The highest BCUT2D eigenvalue weighted by molar-refractivity contribution is 7.14. The Balaban J connectivity index is 1.53. The third kappa shape index (κ3) is 3.73. The number of rotatable bonds is 6. The van der Waals surface area contributed by atoms with Gasteiger partial charge in [0.2, 0.25) is 0 Å². The SMILES string of the molecule is OC(CNCc1cnc(-c2ccccn2)s1)c1ccncc1. The van der Waals surface area contributed by atoms with Crippen LogP contribution in [0.1, 0.15) is 16.5 Å². The largest absolute Gasteiger partial charge is 0.387 e. The van der Waals surface area contributed by atoms with E-state index in [9.17, 15) is 5.11 Å². The van der Waals surface area contributed by atoms with E-state index in [1.54, 1.807) is 29.9 Å². The first-order chi connectivity index (χ1) is 10.8. The van der Waals surface area contributed by atoms with E-state index in [0.29, 0.717) is 13.1 Å². The molecule has 0 saturated carbocycles. The first-order valence-electron chi connectivity index (χ1n) is 6.98. The van der Waals surface area contributed by atoms with Crippen LogP contribution >= 0.6 is 11.3 Å². The summed E-state index contributed by atoms with van der Waals surface area (Å²) in [5, 5.41) is 14.2. The van der Waals surface area contributed by atoms with Gasteiger partial charge in [-0.05, 0) is 29.8 Å². The minimum atomic E-state index is -0.536. The molecule has 6 heteroatoms. The molecule has 0 radical (unpaired) electrons. The van der Waals surface area contributed by atoms with Crippen molar-refractivity contribution in [3.63, 3.8) is 0 Å². The molecule has 3 aromatic rings. The molecule has 0 bridgehead atoms. The van der Waals surface area contributed by atoms with E-state index in [2.05, 4.69) is 20.3 Å². The van der Waals surface area contributed by atoms with Crippen molar-refractivity contribution >= 4 is 11.3 Å². The average Bonchev–Trinajstić information content (AvgIpc) is 3.05. The number of thiazole rings is 1. The molecule has 1 atom stereocenters. The molecule has 0 fully saturated rings. The van der Waals surface area contributed by atoms with Crippen LogP contribution < -0.4 is 5.32 Å². The normalized spacial score (nSPS) is 12.2. The fourth-order valence-corrected chi connectivity index (χ4v) is 2.89. The van der Waals surface area contributed by atoms with Gasteiger partial charge in [-0.3, -0.25) is 9.97 Å². The zero-order valence-electron chi connectivity index (χ0n) is 11.9. The zero-order chi connectivity index (χ0) is 15.2. The third-order valence-corrected chi connectivity index (χ3v) is 4.19. The second-order valence-electron chi connectivity index (χ2n) is 4.77. The monoisotopic (exact) mass is 312 g/mol. The van der Waals surface area contributed by atoms with Gasteiger partial charge in [0, 0.05) is 42.8 Å². The predicted octanol–water partition coefficient (Wildman–Crippen LogP) is 2.42. The molecule has 5 nitrogen and oxygen atoms in total. The van der Waals surface area contributed by atoms with Crippen LogP contribution in [0.3, 0.4) is 0 Å². The molecule has 1 unspecified atom stereocenters. The second kappa shape index (κ2) is 7.22. The highest BCUT2D eigenvalue weighted by Gasteiger charge is 2.08. The molecule has 0 saturated heterocycles. The highest BCUT2D eigenvalue weighted by Crippen LogP contribution is 2.23. The lowest BCUT2D eigenvalue weighted by atomic mass is 10.1. The zero-order valence-corrected chi connectivity index (χ0v) is 12.7. The lowest BCUT2D eigenvalue weighted by Crippen LogP contribution is -2.20. The summed E-state index contributed by atoms with van der Waals surface area (Å²) >= 11 is 1.61. The number of nitrogens with zero attached hydrogens (tertiary/aromatic N) is 3. The highest BCUT2D eigenvalue weighted by atomic mass is 32.1. The van der Waals surface area contributed by atoms with E-state index in [0.717, 1.165) is 21.1 Å². The lowest BCUT2D eigenvalue weighted by Gasteiger charge is -2.11. The maximum atomic E-state index is 10.1. The van der Waals surface area contributed by atoms with Gasteiger partial charge in [0.15, 0.2) is 0 Å². The van der Waals surface area contributed by atoms with Gasteiger partial charge in [-0.15, -0.1) is 11.3 Å². The Kier molecular flexibility index (Phi) is 4.85. The summed E-state index contributed by atoms with van der Waals surface area (Å²) in [7, 11) is 0. The lowest BCUT2D eigenvalue weighted by molar-refractivity contribution is 0.174. The van der Waals surface area contributed by atoms with Gasteiger partial charge in [0.05, 0.1) is 11.8 Å². The minimum Gasteiger partial charge on any atom is -0.387 e. The number of aromatic nitrogens is 3. The van der Waals surface area contributed by atoms with Crippen molar-refractivity contribution in [1.82, 2.24) is 20.3 Å². The maximum absolute atomic E-state index is 10.1. The fourth-order valence-electron chi connectivity index (χ4n) is 2.03. The van der Waals surface area contributed by atoms with Crippen LogP contribution in [0.5, 0.6) is 0 Å². The van der Waals surface area contributed by atoms with Gasteiger partial charge in [0.25, 0.3) is 0 Å². The summed E-state index contributed by atoms with van der Waals surface area (Å²) in [5.74, 6) is 0. The quantitative estimate of drug-likeness (QED) is 0.731. The van der Waals surface area contributed by atoms with E-state index < -0.39 is 6.10 Å². The van der Waals surface area contributed by atoms with Crippen molar-refractivity contribution in [1.29, 1.82) is 0 Å². The molecule has 0 aromatic carbocycles. The number of aliphatic hydroxyl groups excluding tert-OH is 1. The molecule has 0 aliphatic rings. The van der Waals surface area contributed by atoms with E-state index in [4.69, 9.17) is 0 Å². The Labute approximate surface area is 132 Å². The van der Waals surface area contributed by atoms with Gasteiger partial charge in [0.1, 0.15) is 5.01 Å². The van der Waals surface area contributed by atoms with Crippen molar-refractivity contribution in [2.45, 2.75) is 12.6 Å². The number of hydrogen-bond acceptors (Lipinski definition) is 6. The minimum absolute atomic E-state index is 0.487. The van der Waals surface area contributed by atoms with Crippen LogP contribution in [0, 0.1) is 0 Å². The van der Waals surface area contributed by atoms with Crippen molar-refractivity contribution in [2.75, 3.05) is 6.54 Å². The van der Waals surface area contributed by atoms with Crippen LogP contribution in [-0.2, 0) is 6.54 Å². The number of hydrogen-bond donors (Lipinski definition) is 2. The van der Waals surface area contributed by atoms with E-state index in [1.165, 1.54) is 0 Å². The number of nitrogens with one attached hydrogen (secondary N) is 1. The second-order valence-corrected chi connectivity index (χ2v) is 5.89. The van der Waals surface area contributed by atoms with Crippen molar-refractivity contribution < 1.29 is 5.11 Å². The summed E-state index contributed by atoms with van der Waals surface area (Å²) in [4.78, 5) is 13.7. The summed E-state index contributed by atoms with van der Waals surface area (Å²) in [6, 6.07) is 9.42. The molecular formula is C16H16N4OS. The maximum Gasteiger partial charge on any atom is 0.142 e. The Hall–Kier alpha value is -2.15. The number of aliphatic hydroxyl groups is 1. The molecule has 3 heterocycles. The van der Waals surface area contributed by atoms with Crippen molar-refractivity contribution in [3.8, 4) is 10.7 Å². The van der Waals surface area contributed by atoms with Gasteiger partial charge in [-0.1, -0.05) is 6.07 Å². The summed E-state index contributed by atoms with van der Waals surface area (Å²) in [6.07, 6.45) is 6.44. The Bertz CT molecular complexity index is 702. The Morgan fingerprint density at radius 1 is 1.09 bits per heavy atom. The van der Waals surface area contributed by atoms with Crippen LogP contribution in [0.15, 0.2) is 55.1 Å². The molecule has 0 spiro atoms. The van der Waals surface area contributed by atoms with Gasteiger partial charge >= 0.3 is 0 Å². The molecule has 0 amide bonds. The first kappa shape index (κ1) is 14.8. The molecular weight excluding hydrogens is 296 g/mol. The Morgan fingerprint density at radius 3 is 2.73 bits per heavy atom. The smallest absolute Gasteiger partial charge is 0.142 e. The third-order valence-electron chi connectivity index (χ3n) is 3.17. The Morgan fingerprint density at radius 2 is 1.95 bits per heavy atom. The van der Waals surface area contributed by atoms with Gasteiger partial charge in [-0.2, -0.15) is 0 Å². The molecule has 0 aliphatic carbocycles. The standard InChI is InChI=1S/C16H16N4OS/c21-15(12-4-7-17-8-5-12)11-18-9-13-10-20-16(22-13)14-3-1-2-6-19-14/h1-8,10,15,18,21H,9,11H2. The molecule has 3 rings (SSSR count). The molecule has 112 valence electrons. The predicted molar refractivity (Wildman–Crippen MR) is 86.2 cm³/mol. The van der Waals surface area contributed by atoms with Crippen LogP contribution in [-0.4, -0.2) is 26.6 Å². The van der Waals surface area contributed by atoms with E-state index in [-0.39, 0.29) is 0 Å². The van der Waals surface area contributed by atoms with E-state index >= 15 is 0 Å².